The summed E-state index contributed by atoms with van der Waals surface area (Å²) >= 11 is 0. The largest absolute Gasteiger partial charge is 0.382 e. The second kappa shape index (κ2) is 8.02. The Morgan fingerprint density at radius 2 is 2.10 bits per heavy atom. The van der Waals surface area contributed by atoms with Crippen molar-refractivity contribution in [2.24, 2.45) is 0 Å². The van der Waals surface area contributed by atoms with Crippen LogP contribution >= 0.6 is 0 Å². The van der Waals surface area contributed by atoms with Crippen LogP contribution in [0.15, 0.2) is 30.5 Å². The molecule has 3 nitrogen and oxygen atoms in total. The van der Waals surface area contributed by atoms with E-state index >= 15 is 0 Å². The maximum Gasteiger partial charge on any atom is 0.132 e. The lowest BCUT2D eigenvalue weighted by Gasteiger charge is -2.07. The van der Waals surface area contributed by atoms with Gasteiger partial charge in [-0.15, -0.1) is 0 Å². The molecule has 2 rings (SSSR count). The molecule has 0 atom stereocenters. The van der Waals surface area contributed by atoms with Crippen LogP contribution < -0.4 is 5.32 Å². The number of fused-ring (bicyclic) bond motifs is 1. The van der Waals surface area contributed by atoms with E-state index < -0.39 is 0 Å². The quantitative estimate of drug-likeness (QED) is 0.713. The van der Waals surface area contributed by atoms with E-state index in [0.29, 0.717) is 5.39 Å². The molecule has 1 aromatic heterocycles. The van der Waals surface area contributed by atoms with Gasteiger partial charge in [0.25, 0.3) is 0 Å². The number of ether oxygens (including phenoxy) is 1. The Morgan fingerprint density at radius 3 is 2.95 bits per heavy atom. The molecule has 0 amide bonds. The standard InChI is InChI=1S/C16H23FN2O/c1-2-20-13-4-3-9-18-10-12-19-11-8-14-15(17)6-5-7-16(14)19/h5-8,11,18H,2-4,9-10,12-13H2,1H3. The molecular weight excluding hydrogens is 255 g/mol. The summed E-state index contributed by atoms with van der Waals surface area (Å²) in [5, 5.41) is 4.11. The Balaban J connectivity index is 1.70. The molecule has 1 N–H and O–H groups in total. The molecule has 110 valence electrons. The van der Waals surface area contributed by atoms with E-state index in [1.54, 1.807) is 6.07 Å². The van der Waals surface area contributed by atoms with Crippen molar-refractivity contribution >= 4 is 10.9 Å². The van der Waals surface area contributed by atoms with Gasteiger partial charge in [-0.3, -0.25) is 0 Å². The smallest absolute Gasteiger partial charge is 0.132 e. The van der Waals surface area contributed by atoms with Crippen molar-refractivity contribution in [2.75, 3.05) is 26.3 Å². The minimum atomic E-state index is -0.148. The lowest BCUT2D eigenvalue weighted by molar-refractivity contribution is 0.143. The molecule has 1 heterocycles. The minimum Gasteiger partial charge on any atom is -0.382 e. The fraction of sp³-hybridized carbons (Fsp3) is 0.500. The second-order valence-corrected chi connectivity index (χ2v) is 4.84. The number of nitrogens with zero attached hydrogens (tertiary/aromatic N) is 1. The number of nitrogens with one attached hydrogen (secondary N) is 1. The predicted octanol–water partition coefficient (Wildman–Crippen LogP) is 3.19. The Bertz CT molecular complexity index is 524. The summed E-state index contributed by atoms with van der Waals surface area (Å²) in [5.41, 5.74) is 0.961. The zero-order chi connectivity index (χ0) is 14.2. The number of hydrogen-bond donors (Lipinski definition) is 1. The molecule has 2 aromatic rings. The maximum absolute atomic E-state index is 13.5. The van der Waals surface area contributed by atoms with Crippen LogP contribution in [0.25, 0.3) is 10.9 Å². The minimum absolute atomic E-state index is 0.148. The number of hydrogen-bond acceptors (Lipinski definition) is 2. The third-order valence-corrected chi connectivity index (χ3v) is 3.39. The lowest BCUT2D eigenvalue weighted by atomic mass is 10.2. The molecule has 0 bridgehead atoms. The summed E-state index contributed by atoms with van der Waals surface area (Å²) < 4.78 is 20.9. The average molecular weight is 278 g/mol. The lowest BCUT2D eigenvalue weighted by Crippen LogP contribution is -2.21. The van der Waals surface area contributed by atoms with Crippen LogP contribution in [-0.2, 0) is 11.3 Å². The summed E-state index contributed by atoms with van der Waals surface area (Å²) in [5.74, 6) is -0.148. The average Bonchev–Trinajstić information content (AvgIpc) is 2.87. The molecule has 0 saturated heterocycles. The highest BCUT2D eigenvalue weighted by molar-refractivity contribution is 5.80. The van der Waals surface area contributed by atoms with E-state index in [4.69, 9.17) is 4.74 Å². The fourth-order valence-electron chi connectivity index (χ4n) is 2.30. The second-order valence-electron chi connectivity index (χ2n) is 4.84. The highest BCUT2D eigenvalue weighted by atomic mass is 19.1. The number of aromatic nitrogens is 1. The highest BCUT2D eigenvalue weighted by Gasteiger charge is 2.04. The first-order valence-electron chi connectivity index (χ1n) is 7.34. The monoisotopic (exact) mass is 278 g/mol. The first-order chi connectivity index (χ1) is 9.83. The van der Waals surface area contributed by atoms with Crippen LogP contribution in [-0.4, -0.2) is 30.9 Å². The van der Waals surface area contributed by atoms with Crippen molar-refractivity contribution in [3.05, 3.63) is 36.3 Å². The van der Waals surface area contributed by atoms with Gasteiger partial charge >= 0.3 is 0 Å². The van der Waals surface area contributed by atoms with E-state index in [-0.39, 0.29) is 5.82 Å². The SMILES string of the molecule is CCOCCCCNCCn1ccc2c(F)cccc21. The van der Waals surface area contributed by atoms with Gasteiger partial charge < -0.3 is 14.6 Å². The first kappa shape index (κ1) is 15.0. The van der Waals surface area contributed by atoms with Gasteiger partial charge in [0.15, 0.2) is 0 Å². The fourth-order valence-corrected chi connectivity index (χ4v) is 2.30. The van der Waals surface area contributed by atoms with E-state index in [0.717, 1.165) is 51.2 Å². The predicted molar refractivity (Wildman–Crippen MR) is 80.5 cm³/mol. The summed E-state index contributed by atoms with van der Waals surface area (Å²) in [6.45, 7) is 6.42. The maximum atomic E-state index is 13.5. The van der Waals surface area contributed by atoms with E-state index in [1.165, 1.54) is 6.07 Å². The van der Waals surface area contributed by atoms with Gasteiger partial charge in [-0.25, -0.2) is 4.39 Å². The molecule has 20 heavy (non-hydrogen) atoms. The zero-order valence-corrected chi connectivity index (χ0v) is 12.1. The van der Waals surface area contributed by atoms with Gasteiger partial charge in [0.05, 0.1) is 5.52 Å². The van der Waals surface area contributed by atoms with Gasteiger partial charge in [0.2, 0.25) is 0 Å². The number of halogens is 1. The summed E-state index contributed by atoms with van der Waals surface area (Å²) in [7, 11) is 0. The molecule has 0 aliphatic carbocycles. The molecule has 0 unspecified atom stereocenters. The molecule has 0 radical (unpaired) electrons. The van der Waals surface area contributed by atoms with Gasteiger partial charge in [-0.2, -0.15) is 0 Å². The summed E-state index contributed by atoms with van der Waals surface area (Å²) in [4.78, 5) is 0. The molecule has 0 aliphatic rings. The molecule has 0 spiro atoms. The first-order valence-corrected chi connectivity index (χ1v) is 7.34. The van der Waals surface area contributed by atoms with Crippen LogP contribution in [0.2, 0.25) is 0 Å². The number of unbranched alkanes of at least 4 members (excludes halogenated alkanes) is 1. The Morgan fingerprint density at radius 1 is 1.20 bits per heavy atom. The number of benzene rings is 1. The Labute approximate surface area is 119 Å². The molecular formula is C16H23FN2O. The van der Waals surface area contributed by atoms with Crippen molar-refractivity contribution in [3.63, 3.8) is 0 Å². The highest BCUT2D eigenvalue weighted by Crippen LogP contribution is 2.18. The van der Waals surface area contributed by atoms with Crippen LogP contribution in [0.1, 0.15) is 19.8 Å². The summed E-state index contributed by atoms with van der Waals surface area (Å²) in [6, 6.07) is 7.06. The van der Waals surface area contributed by atoms with Crippen molar-refractivity contribution in [1.29, 1.82) is 0 Å². The van der Waals surface area contributed by atoms with Gasteiger partial charge in [0.1, 0.15) is 5.82 Å². The Kier molecular flexibility index (Phi) is 6.02. The van der Waals surface area contributed by atoms with Gasteiger partial charge in [-0.1, -0.05) is 6.07 Å². The van der Waals surface area contributed by atoms with Crippen molar-refractivity contribution < 1.29 is 9.13 Å². The molecule has 0 fully saturated rings. The zero-order valence-electron chi connectivity index (χ0n) is 12.1. The van der Waals surface area contributed by atoms with Gasteiger partial charge in [-0.05, 0) is 44.5 Å². The summed E-state index contributed by atoms with van der Waals surface area (Å²) in [6.07, 6.45) is 4.17. The van der Waals surface area contributed by atoms with Crippen molar-refractivity contribution in [1.82, 2.24) is 9.88 Å². The molecule has 4 heteroatoms. The van der Waals surface area contributed by atoms with Crippen molar-refractivity contribution in [2.45, 2.75) is 26.3 Å². The third-order valence-electron chi connectivity index (χ3n) is 3.39. The van der Waals surface area contributed by atoms with E-state index in [2.05, 4.69) is 9.88 Å². The number of rotatable bonds is 9. The van der Waals surface area contributed by atoms with Crippen LogP contribution in [0.3, 0.4) is 0 Å². The molecule has 0 aliphatic heterocycles. The third kappa shape index (κ3) is 4.05. The van der Waals surface area contributed by atoms with E-state index in [9.17, 15) is 4.39 Å². The van der Waals surface area contributed by atoms with E-state index in [1.807, 2.05) is 25.3 Å². The van der Waals surface area contributed by atoms with Crippen molar-refractivity contribution in [3.8, 4) is 0 Å². The van der Waals surface area contributed by atoms with Crippen LogP contribution in [0.4, 0.5) is 4.39 Å². The molecule has 0 saturated carbocycles. The normalized spacial score (nSPS) is 11.3. The Hall–Kier alpha value is -1.39. The topological polar surface area (TPSA) is 26.2 Å². The van der Waals surface area contributed by atoms with Crippen LogP contribution in [0, 0.1) is 5.82 Å². The molecule has 1 aromatic carbocycles. The van der Waals surface area contributed by atoms with Crippen LogP contribution in [0.5, 0.6) is 0 Å². The van der Waals surface area contributed by atoms with Gasteiger partial charge in [0, 0.05) is 37.9 Å².